The Hall–Kier alpha value is -9.79. The van der Waals surface area contributed by atoms with E-state index >= 15 is 0 Å². The zero-order chi connectivity index (χ0) is 67.3. The van der Waals surface area contributed by atoms with Crippen LogP contribution in [0.5, 0.6) is 0 Å². The predicted molar refractivity (Wildman–Crippen MR) is 382 cm³/mol. The normalized spacial score (nSPS) is 15.4. The van der Waals surface area contributed by atoms with E-state index < -0.39 is 0 Å². The fraction of sp³-hybridized carbons (Fsp3) is 0.280. The average molecular weight is 1360 g/mol. The number of hydrogen-bond donors (Lipinski definition) is 2. The van der Waals surface area contributed by atoms with Crippen LogP contribution >= 0.6 is 34.8 Å². The molecule has 7 aromatic heterocycles. The van der Waals surface area contributed by atoms with Crippen molar-refractivity contribution in [3.05, 3.63) is 227 Å². The van der Waals surface area contributed by atoms with Crippen molar-refractivity contribution in [2.24, 2.45) is 11.8 Å². The Kier molecular flexibility index (Phi) is 19.9. The lowest BCUT2D eigenvalue weighted by Gasteiger charge is -2.33. The monoisotopic (exact) mass is 1350 g/mol. The van der Waals surface area contributed by atoms with Crippen LogP contribution in [0.2, 0.25) is 15.1 Å². The number of hydrogen-bond acceptors (Lipinski definition) is 12. The van der Waals surface area contributed by atoms with Crippen molar-refractivity contribution in [3.63, 3.8) is 0 Å². The van der Waals surface area contributed by atoms with Crippen molar-refractivity contribution in [1.29, 1.82) is 0 Å². The third-order valence-corrected chi connectivity index (χ3v) is 19.3. The summed E-state index contributed by atoms with van der Waals surface area (Å²) in [6.45, 7) is 15.8. The van der Waals surface area contributed by atoms with Crippen LogP contribution < -0.4 is 5.32 Å². The summed E-state index contributed by atoms with van der Waals surface area (Å²) in [5.41, 5.74) is 13.5. The number of aromatic nitrogens is 11. The molecule has 4 aliphatic rings. The molecule has 12 aromatic rings. The van der Waals surface area contributed by atoms with Crippen molar-refractivity contribution in [1.82, 2.24) is 73.2 Å². The van der Waals surface area contributed by atoms with Gasteiger partial charge in [-0.2, -0.15) is 0 Å². The maximum Gasteiger partial charge on any atom is 0.255 e. The molecule has 1 saturated carbocycles. The molecule has 4 fully saturated rings. The van der Waals surface area contributed by atoms with Crippen molar-refractivity contribution < 1.29 is 19.5 Å². The minimum Gasteiger partial charge on any atom is -0.393 e. The molecule has 0 bridgehead atoms. The van der Waals surface area contributed by atoms with E-state index in [4.69, 9.17) is 34.8 Å². The van der Waals surface area contributed by atoms with Crippen LogP contribution in [0.4, 0.5) is 0 Å². The molecule has 3 saturated heterocycles. The molecule has 0 atom stereocenters. The van der Waals surface area contributed by atoms with Gasteiger partial charge in [-0.25, -0.2) is 34.9 Å². The molecule has 0 radical (unpaired) electrons. The van der Waals surface area contributed by atoms with Gasteiger partial charge in [0.1, 0.15) is 36.8 Å². The lowest BCUT2D eigenvalue weighted by atomic mass is 9.98. The maximum atomic E-state index is 12.8. The van der Waals surface area contributed by atoms with Gasteiger partial charge in [-0.05, 0) is 178 Å². The highest BCUT2D eigenvalue weighted by Crippen LogP contribution is 2.32. The average Bonchev–Trinajstić information content (AvgIpc) is 1.67. The number of piperidine rings is 3. The fourth-order valence-electron chi connectivity index (χ4n) is 12.6. The second-order valence-electron chi connectivity index (χ2n) is 25.5. The first-order chi connectivity index (χ1) is 47.1. The summed E-state index contributed by atoms with van der Waals surface area (Å²) in [7, 11) is 0. The molecule has 0 unspecified atom stereocenters. The molecule has 2 N–H and O–H groups in total. The number of aliphatic hydroxyl groups excluding tert-OH is 1. The fourth-order valence-corrected chi connectivity index (χ4v) is 13.2. The summed E-state index contributed by atoms with van der Waals surface area (Å²) in [4.78, 5) is 73.6. The number of carbonyl (C=O) groups excluding carboxylic acids is 3. The van der Waals surface area contributed by atoms with Gasteiger partial charge in [-0.15, -0.1) is 0 Å². The van der Waals surface area contributed by atoms with E-state index in [1.807, 2.05) is 116 Å². The smallest absolute Gasteiger partial charge is 0.255 e. The van der Waals surface area contributed by atoms with E-state index in [2.05, 4.69) is 101 Å². The molecular weight excluding hydrogens is 1280 g/mol. The first kappa shape index (κ1) is 65.9. The quantitative estimate of drug-likeness (QED) is 0.131. The van der Waals surface area contributed by atoms with Crippen LogP contribution in [0, 0.1) is 18.8 Å². The highest BCUT2D eigenvalue weighted by atomic mass is 35.5. The lowest BCUT2D eigenvalue weighted by molar-refractivity contribution is 0.0689. The first-order valence-corrected chi connectivity index (χ1v) is 34.0. The number of imidazole rings is 2. The van der Waals surface area contributed by atoms with Crippen molar-refractivity contribution in [2.45, 2.75) is 84.3 Å². The van der Waals surface area contributed by atoms with E-state index in [1.54, 1.807) is 47.9 Å². The van der Waals surface area contributed by atoms with Gasteiger partial charge in [-0.1, -0.05) is 73.4 Å². The molecule has 10 heterocycles. The molecule has 0 spiro atoms. The molecule has 494 valence electrons. The van der Waals surface area contributed by atoms with Gasteiger partial charge in [0.15, 0.2) is 0 Å². The second kappa shape index (κ2) is 29.3. The molecule has 1 aliphatic carbocycles. The summed E-state index contributed by atoms with van der Waals surface area (Å²) in [5, 5.41) is 16.4. The van der Waals surface area contributed by atoms with Gasteiger partial charge >= 0.3 is 0 Å². The van der Waals surface area contributed by atoms with Crippen molar-refractivity contribution >= 4 is 102 Å². The standard InChI is InChI=1S/C20H20ClN3O.C20H22N4O.C18H18ClN5O.C17H14ClN3O/c1-14(23-9-7-18(25)8-10-23)15-5-6-20-19(11-15)22-13-24(20)17-4-2-3-16(21)12-17;1-14-5-7-23(8-6-14)20(25)16-3-4-19-18(9-16)15(2)12-24(19)17-10-21-13-22-11-17;1-12-3-6-23(7-4-12)18(25)13-8-14-15(19)10-24(17(14)21-9-13)16-2-5-20-11-22-16;18-12-2-1-3-14(9-12)21-10-19-15-8-11(4-7-16(15)21)17(22)20-13-5-6-13/h2-6,11-13,18,25H,1,7-10H2;3-4,9-14H,5-8H2,1-2H3;2,5,8-12H,3-4,6-7H2,1H3;1-4,7-10,13H,5-6H2,(H,20,22). The number of nitrogens with one attached hydrogen (secondary N) is 1. The third-order valence-electron chi connectivity index (χ3n) is 18.5. The number of benzene rings is 5. The molecule has 16 rings (SSSR count). The number of rotatable bonds is 10. The van der Waals surface area contributed by atoms with Crippen molar-refractivity contribution in [3.8, 4) is 22.9 Å². The molecule has 19 nitrogen and oxygen atoms in total. The number of aliphatic hydroxyl groups is 1. The van der Waals surface area contributed by atoms with Crippen LogP contribution in [0.3, 0.4) is 0 Å². The zero-order valence-corrected chi connectivity index (χ0v) is 56.5. The molecule has 22 heteroatoms. The predicted octanol–water partition coefficient (Wildman–Crippen LogP) is 14.6. The summed E-state index contributed by atoms with van der Waals surface area (Å²) in [5.74, 6) is 2.22. The van der Waals surface area contributed by atoms with Crippen LogP contribution in [0.1, 0.15) is 107 Å². The van der Waals surface area contributed by atoms with E-state index in [1.165, 1.54) is 12.7 Å². The molecule has 3 amide bonds. The van der Waals surface area contributed by atoms with Gasteiger partial charge in [-0.3, -0.25) is 28.1 Å². The minimum atomic E-state index is -0.181. The molecule has 3 aliphatic heterocycles. The minimum absolute atomic E-state index is 0.0205. The number of carbonyl (C=O) groups is 3. The maximum absolute atomic E-state index is 12.8. The Balaban J connectivity index is 0.000000117. The first-order valence-electron chi connectivity index (χ1n) is 32.9. The summed E-state index contributed by atoms with van der Waals surface area (Å²) >= 11 is 18.5. The number of halogens is 3. The summed E-state index contributed by atoms with van der Waals surface area (Å²) in [6, 6.07) is 37.1. The van der Waals surface area contributed by atoms with E-state index in [0.29, 0.717) is 49.6 Å². The van der Waals surface area contributed by atoms with E-state index in [9.17, 15) is 19.5 Å². The van der Waals surface area contributed by atoms with Crippen LogP contribution in [-0.2, 0) is 0 Å². The third kappa shape index (κ3) is 15.1. The van der Waals surface area contributed by atoms with Crippen LogP contribution in [-0.4, -0.2) is 142 Å². The molecule has 97 heavy (non-hydrogen) atoms. The Morgan fingerprint density at radius 2 is 1.07 bits per heavy atom. The number of likely N-dealkylation sites (tertiary alicyclic amines) is 3. The zero-order valence-electron chi connectivity index (χ0n) is 54.2. The van der Waals surface area contributed by atoms with Gasteiger partial charge in [0.25, 0.3) is 17.7 Å². The number of pyridine rings is 1. The Morgan fingerprint density at radius 1 is 0.515 bits per heavy atom. The second-order valence-corrected chi connectivity index (χ2v) is 26.8. The van der Waals surface area contributed by atoms with Gasteiger partial charge in [0, 0.05) is 119 Å². The number of fused-ring (bicyclic) bond motifs is 4. The van der Waals surface area contributed by atoms with Crippen LogP contribution in [0.25, 0.3) is 72.6 Å². The number of nitrogens with zero attached hydrogens (tertiary/aromatic N) is 14. The largest absolute Gasteiger partial charge is 0.393 e. The summed E-state index contributed by atoms with van der Waals surface area (Å²) in [6.07, 6.45) is 25.1. The SMILES string of the molecule is C=C(c1ccc2c(c1)ncn2-c1cccc(Cl)c1)N1CCC(O)CC1.CC1CCN(C(=O)c2cnc3c(c2)c(Cl)cn3-c2ccncn2)CC1.Cc1cn(-c2cncnc2)c2ccc(C(=O)N3CCC(C)CC3)cc12.O=C(NC1CC1)c1ccc2c(c1)ncn2-c1cccc(Cl)c1. The van der Waals surface area contributed by atoms with Gasteiger partial charge in [0.05, 0.1) is 62.4 Å². The molecular formula is C75H74Cl3N15O4. The van der Waals surface area contributed by atoms with Crippen molar-refractivity contribution in [2.75, 3.05) is 39.3 Å². The van der Waals surface area contributed by atoms with Crippen LogP contribution in [0.15, 0.2) is 184 Å². The Morgan fingerprint density at radius 3 is 1.66 bits per heavy atom. The topological polar surface area (TPSA) is 203 Å². The Bertz CT molecular complexity index is 4680. The van der Waals surface area contributed by atoms with Gasteiger partial charge in [0.2, 0.25) is 0 Å². The van der Waals surface area contributed by atoms with E-state index in [-0.39, 0.29) is 23.8 Å². The van der Waals surface area contributed by atoms with Gasteiger partial charge < -0.3 is 29.7 Å². The van der Waals surface area contributed by atoms with E-state index in [0.717, 1.165) is 174 Å². The lowest BCUT2D eigenvalue weighted by Crippen LogP contribution is -2.37. The summed E-state index contributed by atoms with van der Waals surface area (Å²) < 4.78 is 7.87. The number of amides is 3. The highest BCUT2D eigenvalue weighted by molar-refractivity contribution is 6.35. The Labute approximate surface area is 577 Å². The molecule has 5 aromatic carbocycles. The number of aryl methyl sites for hydroxylation is 1. The highest BCUT2D eigenvalue weighted by Gasteiger charge is 2.27.